The van der Waals surface area contributed by atoms with E-state index < -0.39 is 0 Å². The summed E-state index contributed by atoms with van der Waals surface area (Å²) in [4.78, 5) is 13.1. The fraction of sp³-hybridized carbons (Fsp3) is 0.710. The van der Waals surface area contributed by atoms with Crippen LogP contribution in [0.15, 0.2) is 23.8 Å². The smallest absolute Gasteiger partial charge is 0.325 e. The Hall–Kier alpha value is -2.09. The van der Waals surface area contributed by atoms with E-state index in [0.717, 1.165) is 35.4 Å². The first kappa shape index (κ1) is 28.9. The standard InChI is InChI=1S/C31H47NO6/c1-18(2)10-11-25-30(7,38-25)29-28(35-9)24(12-13-31(29)17-36-31)37-26(33)16-32-21-14-22(19(3)4)27(34-8)23(15-21)20(5)6/h10,14-15,19-20,24-25,28-29,32H,11-13,16-17H2,1-9H3/t24-,25?,28-,29-,30+,31+/m1/s1. The van der Waals surface area contributed by atoms with E-state index in [1.807, 2.05) is 0 Å². The first-order valence-corrected chi connectivity index (χ1v) is 14.1. The summed E-state index contributed by atoms with van der Waals surface area (Å²) >= 11 is 0. The Balaban J connectivity index is 1.44. The molecule has 2 heterocycles. The molecular weight excluding hydrogens is 482 g/mol. The van der Waals surface area contributed by atoms with Gasteiger partial charge in [-0.25, -0.2) is 0 Å². The van der Waals surface area contributed by atoms with Gasteiger partial charge in [0.05, 0.1) is 25.7 Å². The van der Waals surface area contributed by atoms with Crippen molar-refractivity contribution in [2.75, 3.05) is 32.7 Å². The number of esters is 1. The Morgan fingerprint density at radius 2 is 1.79 bits per heavy atom. The molecule has 1 N–H and O–H groups in total. The zero-order valence-electron chi connectivity index (χ0n) is 24.7. The molecule has 1 aromatic carbocycles. The number of nitrogens with one attached hydrogen (secondary N) is 1. The van der Waals surface area contributed by atoms with Crippen molar-refractivity contribution in [2.24, 2.45) is 5.92 Å². The van der Waals surface area contributed by atoms with Crippen LogP contribution in [0.2, 0.25) is 0 Å². The number of hydrogen-bond acceptors (Lipinski definition) is 7. The number of methoxy groups -OCH3 is 2. The molecule has 2 saturated heterocycles. The Kier molecular flexibility index (Phi) is 8.51. The molecule has 1 aliphatic carbocycles. The Morgan fingerprint density at radius 1 is 1.16 bits per heavy atom. The van der Waals surface area contributed by atoms with Crippen molar-refractivity contribution in [2.45, 2.75) is 109 Å². The van der Waals surface area contributed by atoms with Gasteiger partial charge in [-0.1, -0.05) is 39.3 Å². The molecule has 1 spiro atoms. The van der Waals surface area contributed by atoms with E-state index >= 15 is 0 Å². The first-order valence-electron chi connectivity index (χ1n) is 14.1. The number of carbonyl (C=O) groups is 1. The summed E-state index contributed by atoms with van der Waals surface area (Å²) in [6.07, 6.45) is 4.15. The van der Waals surface area contributed by atoms with E-state index in [1.54, 1.807) is 14.2 Å². The minimum Gasteiger partial charge on any atom is -0.496 e. The van der Waals surface area contributed by atoms with Crippen molar-refractivity contribution in [1.29, 1.82) is 0 Å². The second-order valence-corrected chi connectivity index (χ2v) is 12.3. The van der Waals surface area contributed by atoms with Gasteiger partial charge in [-0.3, -0.25) is 4.79 Å². The molecule has 1 unspecified atom stereocenters. The molecule has 1 saturated carbocycles. The molecule has 3 fully saturated rings. The van der Waals surface area contributed by atoms with E-state index in [-0.39, 0.29) is 47.9 Å². The van der Waals surface area contributed by atoms with Crippen molar-refractivity contribution in [3.05, 3.63) is 34.9 Å². The highest BCUT2D eigenvalue weighted by Gasteiger charge is 2.72. The third-order valence-corrected chi connectivity index (χ3v) is 8.55. The molecule has 0 radical (unpaired) electrons. The monoisotopic (exact) mass is 529 g/mol. The fourth-order valence-electron chi connectivity index (χ4n) is 6.32. The number of ether oxygens (including phenoxy) is 5. The maximum atomic E-state index is 13.1. The molecule has 4 rings (SSSR count). The lowest BCUT2D eigenvalue weighted by Gasteiger charge is -2.42. The maximum absolute atomic E-state index is 13.1. The topological polar surface area (TPSA) is 81.9 Å². The van der Waals surface area contributed by atoms with Crippen LogP contribution in [-0.2, 0) is 23.7 Å². The van der Waals surface area contributed by atoms with Crippen molar-refractivity contribution in [1.82, 2.24) is 0 Å². The molecule has 212 valence electrons. The van der Waals surface area contributed by atoms with Crippen molar-refractivity contribution < 1.29 is 28.5 Å². The number of rotatable bonds is 11. The lowest BCUT2D eigenvalue weighted by atomic mass is 9.68. The number of benzene rings is 1. The van der Waals surface area contributed by atoms with Crippen molar-refractivity contribution in [3.8, 4) is 5.75 Å². The molecular formula is C31H47NO6. The highest BCUT2D eigenvalue weighted by atomic mass is 16.6. The van der Waals surface area contributed by atoms with Gasteiger partial charge >= 0.3 is 5.97 Å². The summed E-state index contributed by atoms with van der Waals surface area (Å²) in [6, 6.07) is 4.15. The second-order valence-electron chi connectivity index (χ2n) is 12.3. The quantitative estimate of drug-likeness (QED) is 0.215. The van der Waals surface area contributed by atoms with Gasteiger partial charge in [0, 0.05) is 12.8 Å². The molecule has 1 aromatic rings. The van der Waals surface area contributed by atoms with Crippen LogP contribution in [0.25, 0.3) is 0 Å². The van der Waals surface area contributed by atoms with Crippen LogP contribution in [0.3, 0.4) is 0 Å². The van der Waals surface area contributed by atoms with E-state index in [4.69, 9.17) is 23.7 Å². The summed E-state index contributed by atoms with van der Waals surface area (Å²) < 4.78 is 30.1. The minimum absolute atomic E-state index is 0.0128. The van der Waals surface area contributed by atoms with E-state index in [1.165, 1.54) is 5.57 Å². The predicted octanol–water partition coefficient (Wildman–Crippen LogP) is 5.97. The molecule has 6 atom stereocenters. The molecule has 3 aliphatic rings. The molecule has 0 aromatic heterocycles. The molecule has 0 bridgehead atoms. The van der Waals surface area contributed by atoms with Gasteiger partial charge < -0.3 is 29.0 Å². The van der Waals surface area contributed by atoms with Crippen molar-refractivity contribution in [3.63, 3.8) is 0 Å². The highest BCUT2D eigenvalue weighted by Crippen LogP contribution is 2.59. The zero-order valence-corrected chi connectivity index (χ0v) is 24.7. The Morgan fingerprint density at radius 3 is 2.29 bits per heavy atom. The van der Waals surface area contributed by atoms with Gasteiger partial charge in [0.15, 0.2) is 0 Å². The van der Waals surface area contributed by atoms with Crippen molar-refractivity contribution >= 4 is 11.7 Å². The van der Waals surface area contributed by atoms with Crippen LogP contribution in [0, 0.1) is 5.92 Å². The SMILES string of the molecule is COc1c(C(C)C)cc(NCC(=O)O[C@@H]2CC[C@]3(CO3)[C@@H]([C@@]3(C)OC3CC=C(C)C)[C@@H]2OC)cc1C(C)C. The number of hydrogen-bond donors (Lipinski definition) is 1. The molecule has 0 amide bonds. The first-order chi connectivity index (χ1) is 18.0. The second kappa shape index (κ2) is 11.2. The Bertz CT molecular complexity index is 1010. The number of allylic oxidation sites excluding steroid dienone is 1. The van der Waals surface area contributed by atoms with Gasteiger partial charge in [0.1, 0.15) is 35.7 Å². The van der Waals surface area contributed by atoms with E-state index in [2.05, 4.69) is 72.0 Å². The normalized spacial score (nSPS) is 31.9. The number of anilines is 1. The Labute approximate surface area is 228 Å². The van der Waals surface area contributed by atoms with Crippen LogP contribution in [-0.4, -0.2) is 62.9 Å². The molecule has 7 nitrogen and oxygen atoms in total. The maximum Gasteiger partial charge on any atom is 0.325 e. The van der Waals surface area contributed by atoms with E-state index in [9.17, 15) is 4.79 Å². The molecule has 2 aliphatic heterocycles. The third-order valence-electron chi connectivity index (χ3n) is 8.55. The average Bonchev–Trinajstić information content (AvgIpc) is 3.78. The molecule has 38 heavy (non-hydrogen) atoms. The van der Waals surface area contributed by atoms with Crippen LogP contribution < -0.4 is 10.1 Å². The lowest BCUT2D eigenvalue weighted by Crippen LogP contribution is -2.55. The summed E-state index contributed by atoms with van der Waals surface area (Å²) in [5.74, 6) is 1.23. The fourth-order valence-corrected chi connectivity index (χ4v) is 6.32. The highest BCUT2D eigenvalue weighted by molar-refractivity contribution is 5.75. The van der Waals surface area contributed by atoms with Gasteiger partial charge in [-0.2, -0.15) is 0 Å². The van der Waals surface area contributed by atoms with Crippen LogP contribution >= 0.6 is 0 Å². The summed E-state index contributed by atoms with van der Waals surface area (Å²) in [6.45, 7) is 15.7. The number of epoxide rings is 2. The third kappa shape index (κ3) is 5.75. The minimum atomic E-state index is -0.351. The van der Waals surface area contributed by atoms with Gasteiger partial charge in [0.2, 0.25) is 0 Å². The van der Waals surface area contributed by atoms with Crippen LogP contribution in [0.4, 0.5) is 5.69 Å². The zero-order chi connectivity index (χ0) is 27.8. The van der Waals surface area contributed by atoms with Gasteiger partial charge in [-0.15, -0.1) is 0 Å². The van der Waals surface area contributed by atoms with E-state index in [0.29, 0.717) is 24.9 Å². The number of carbonyl (C=O) groups excluding carboxylic acids is 1. The molecule has 7 heteroatoms. The van der Waals surface area contributed by atoms with Crippen LogP contribution in [0.1, 0.15) is 90.7 Å². The van der Waals surface area contributed by atoms with Crippen LogP contribution in [0.5, 0.6) is 5.75 Å². The summed E-state index contributed by atoms with van der Waals surface area (Å²) in [5, 5.41) is 3.30. The van der Waals surface area contributed by atoms with Gasteiger partial charge in [-0.05, 0) is 75.1 Å². The summed E-state index contributed by atoms with van der Waals surface area (Å²) in [5.41, 5.74) is 3.84. The summed E-state index contributed by atoms with van der Waals surface area (Å²) in [7, 11) is 3.42. The largest absolute Gasteiger partial charge is 0.496 e. The van der Waals surface area contributed by atoms with Gasteiger partial charge in [0.25, 0.3) is 0 Å². The lowest BCUT2D eigenvalue weighted by molar-refractivity contribution is -0.170. The predicted molar refractivity (Wildman–Crippen MR) is 149 cm³/mol. The average molecular weight is 530 g/mol.